The number of nitrogens with zero attached hydrogens (tertiary/aromatic N) is 5. The van der Waals surface area contributed by atoms with Gasteiger partial charge in [0.15, 0.2) is 0 Å². The molecule has 3 aromatic rings. The second kappa shape index (κ2) is 11.4. The van der Waals surface area contributed by atoms with Gasteiger partial charge >= 0.3 is 11.7 Å². The molecular formula is C32H35F2N5O3. The fourth-order valence-electron chi connectivity index (χ4n) is 6.42. The first-order valence-electron chi connectivity index (χ1n) is 14.6. The Morgan fingerprint density at radius 2 is 1.55 bits per heavy atom. The number of hydrogen-bond acceptors (Lipinski definition) is 7. The Hall–Kier alpha value is -3.92. The third kappa shape index (κ3) is 5.24. The van der Waals surface area contributed by atoms with Gasteiger partial charge in [0.25, 0.3) is 0 Å². The Morgan fingerprint density at radius 3 is 2.07 bits per heavy atom. The number of piperazine rings is 1. The first-order chi connectivity index (χ1) is 20.3. The molecule has 1 aromatic heterocycles. The molecular weight excluding hydrogens is 540 g/mol. The summed E-state index contributed by atoms with van der Waals surface area (Å²) in [6, 6.07) is 12.7. The molecule has 10 heteroatoms. The number of halogens is 2. The standard InChI is InChI=1S/C32H35F2N5O3/c1-4-42-31(40)26-19(2)27-29(36-32(41)39(25-13-14-25)30(27)35-20(26)3)38-17-15-37(16-18-38)28(21-5-9-23(33)10-6-21)22-7-11-24(34)12-8-22/h5-12,19,25-26,28H,4,13-18H2,1-3H3. The molecule has 0 bridgehead atoms. The van der Waals surface area contributed by atoms with E-state index in [2.05, 4.69) is 14.8 Å². The molecule has 0 N–H and O–H groups in total. The maximum Gasteiger partial charge on any atom is 0.351 e. The summed E-state index contributed by atoms with van der Waals surface area (Å²) in [5.74, 6) is -0.587. The molecule has 1 saturated heterocycles. The van der Waals surface area contributed by atoms with Crippen LogP contribution in [0, 0.1) is 17.6 Å². The number of anilines is 1. The van der Waals surface area contributed by atoms with E-state index >= 15 is 0 Å². The van der Waals surface area contributed by atoms with Crippen LogP contribution in [-0.2, 0) is 9.53 Å². The number of rotatable bonds is 7. The highest BCUT2D eigenvalue weighted by atomic mass is 19.1. The summed E-state index contributed by atoms with van der Waals surface area (Å²) in [4.78, 5) is 40.2. The molecule has 3 heterocycles. The van der Waals surface area contributed by atoms with Crippen molar-refractivity contribution in [1.82, 2.24) is 14.5 Å². The molecule has 2 fully saturated rings. The maximum absolute atomic E-state index is 13.8. The van der Waals surface area contributed by atoms with Gasteiger partial charge in [-0.05, 0) is 62.1 Å². The van der Waals surface area contributed by atoms with E-state index in [1.165, 1.54) is 24.3 Å². The number of ether oxygens (including phenoxy) is 1. The van der Waals surface area contributed by atoms with Crippen molar-refractivity contribution in [2.45, 2.75) is 51.6 Å². The number of hydrogen-bond donors (Lipinski definition) is 0. The molecule has 2 aromatic carbocycles. The van der Waals surface area contributed by atoms with Gasteiger partial charge in [0.05, 0.1) is 12.6 Å². The molecule has 1 saturated carbocycles. The number of esters is 1. The average molecular weight is 576 g/mol. The zero-order valence-corrected chi connectivity index (χ0v) is 24.1. The summed E-state index contributed by atoms with van der Waals surface area (Å²) >= 11 is 0. The van der Waals surface area contributed by atoms with Crippen molar-refractivity contribution in [1.29, 1.82) is 0 Å². The molecule has 0 spiro atoms. The molecule has 2 atom stereocenters. The van der Waals surface area contributed by atoms with Crippen LogP contribution in [0.3, 0.4) is 0 Å². The number of aliphatic imine (C=N–C) groups is 1. The smallest absolute Gasteiger partial charge is 0.351 e. The van der Waals surface area contributed by atoms with Crippen molar-refractivity contribution in [3.05, 3.63) is 87.3 Å². The normalized spacial score (nSPS) is 20.8. The zero-order chi connectivity index (χ0) is 29.5. The molecule has 42 heavy (non-hydrogen) atoms. The Labute approximate surface area is 243 Å². The summed E-state index contributed by atoms with van der Waals surface area (Å²) in [5, 5.41) is 0. The third-order valence-electron chi connectivity index (χ3n) is 8.61. The lowest BCUT2D eigenvalue weighted by molar-refractivity contribution is -0.146. The average Bonchev–Trinajstić information content (AvgIpc) is 3.80. The van der Waals surface area contributed by atoms with Gasteiger partial charge in [-0.25, -0.2) is 18.6 Å². The number of aromatic nitrogens is 2. The van der Waals surface area contributed by atoms with Crippen LogP contribution in [0.4, 0.5) is 20.4 Å². The maximum atomic E-state index is 13.8. The molecule has 0 radical (unpaired) electrons. The van der Waals surface area contributed by atoms with Crippen LogP contribution >= 0.6 is 0 Å². The summed E-state index contributed by atoms with van der Waals surface area (Å²) in [5.41, 5.74) is 2.96. The quantitative estimate of drug-likeness (QED) is 0.363. The predicted molar refractivity (Wildman–Crippen MR) is 157 cm³/mol. The topological polar surface area (TPSA) is 80.0 Å². The zero-order valence-electron chi connectivity index (χ0n) is 24.1. The fraction of sp³-hybridized carbons (Fsp3) is 0.438. The molecule has 8 nitrogen and oxygen atoms in total. The van der Waals surface area contributed by atoms with E-state index in [0.29, 0.717) is 43.5 Å². The molecule has 1 aliphatic carbocycles. The van der Waals surface area contributed by atoms with Crippen LogP contribution in [0.2, 0.25) is 0 Å². The van der Waals surface area contributed by atoms with Crippen LogP contribution in [0.1, 0.15) is 68.3 Å². The second-order valence-corrected chi connectivity index (χ2v) is 11.4. The SMILES string of the molecule is CCOC(=O)C1C(C)=Nc2c(c(N3CCN(C(c4ccc(F)cc4)c4ccc(F)cc4)CC3)nc(=O)n2C2CC2)C1C. The Balaban J connectivity index is 1.33. The van der Waals surface area contributed by atoms with E-state index in [4.69, 9.17) is 9.73 Å². The van der Waals surface area contributed by atoms with Crippen molar-refractivity contribution in [3.63, 3.8) is 0 Å². The van der Waals surface area contributed by atoms with Gasteiger partial charge in [-0.2, -0.15) is 4.98 Å². The minimum atomic E-state index is -0.550. The lowest BCUT2D eigenvalue weighted by Crippen LogP contribution is -2.49. The van der Waals surface area contributed by atoms with Gasteiger partial charge in [-0.3, -0.25) is 14.3 Å². The van der Waals surface area contributed by atoms with E-state index < -0.39 is 5.92 Å². The van der Waals surface area contributed by atoms with Gasteiger partial charge in [0, 0.05) is 49.4 Å². The predicted octanol–water partition coefficient (Wildman–Crippen LogP) is 5.16. The molecule has 2 unspecified atom stereocenters. The van der Waals surface area contributed by atoms with Crippen molar-refractivity contribution in [2.24, 2.45) is 10.9 Å². The molecule has 6 rings (SSSR count). The third-order valence-corrected chi connectivity index (χ3v) is 8.61. The summed E-state index contributed by atoms with van der Waals surface area (Å²) in [6.45, 7) is 8.27. The number of benzene rings is 2. The van der Waals surface area contributed by atoms with Gasteiger partial charge < -0.3 is 9.64 Å². The van der Waals surface area contributed by atoms with Crippen molar-refractivity contribution < 1.29 is 18.3 Å². The Kier molecular flexibility index (Phi) is 7.66. The van der Waals surface area contributed by atoms with Crippen LogP contribution < -0.4 is 10.6 Å². The Bertz CT molecular complexity index is 1510. The lowest BCUT2D eigenvalue weighted by atomic mass is 9.82. The Morgan fingerprint density at radius 1 is 0.976 bits per heavy atom. The molecule has 220 valence electrons. The lowest BCUT2D eigenvalue weighted by Gasteiger charge is -2.41. The van der Waals surface area contributed by atoms with Crippen LogP contribution in [-0.4, -0.2) is 58.9 Å². The van der Waals surface area contributed by atoms with E-state index in [1.807, 2.05) is 13.8 Å². The number of fused-ring (bicyclic) bond motifs is 1. The molecule has 2 aliphatic heterocycles. The van der Waals surface area contributed by atoms with Gasteiger partial charge in [-0.1, -0.05) is 31.2 Å². The first kappa shape index (κ1) is 28.2. The minimum absolute atomic E-state index is 0.0831. The van der Waals surface area contributed by atoms with Crippen LogP contribution in [0.15, 0.2) is 58.3 Å². The highest BCUT2D eigenvalue weighted by molar-refractivity contribution is 6.04. The second-order valence-electron chi connectivity index (χ2n) is 11.4. The summed E-state index contributed by atoms with van der Waals surface area (Å²) < 4.78 is 34.7. The highest BCUT2D eigenvalue weighted by Crippen LogP contribution is 2.46. The summed E-state index contributed by atoms with van der Waals surface area (Å²) in [7, 11) is 0. The molecule has 3 aliphatic rings. The van der Waals surface area contributed by atoms with Gasteiger partial charge in [0.1, 0.15) is 29.2 Å². The van der Waals surface area contributed by atoms with Crippen molar-refractivity contribution in [2.75, 3.05) is 37.7 Å². The number of carbonyl (C=O) groups is 1. The van der Waals surface area contributed by atoms with Crippen molar-refractivity contribution in [3.8, 4) is 0 Å². The highest BCUT2D eigenvalue weighted by Gasteiger charge is 2.41. The first-order valence-corrected chi connectivity index (χ1v) is 14.6. The van der Waals surface area contributed by atoms with E-state index in [0.717, 1.165) is 29.5 Å². The van der Waals surface area contributed by atoms with Crippen LogP contribution in [0.25, 0.3) is 0 Å². The summed E-state index contributed by atoms with van der Waals surface area (Å²) in [6.07, 6.45) is 1.81. The van der Waals surface area contributed by atoms with Crippen LogP contribution in [0.5, 0.6) is 0 Å². The van der Waals surface area contributed by atoms with Crippen molar-refractivity contribution >= 4 is 23.3 Å². The minimum Gasteiger partial charge on any atom is -0.465 e. The largest absolute Gasteiger partial charge is 0.465 e. The van der Waals surface area contributed by atoms with E-state index in [9.17, 15) is 18.4 Å². The van der Waals surface area contributed by atoms with E-state index in [-0.39, 0.29) is 47.9 Å². The van der Waals surface area contributed by atoms with Gasteiger partial charge in [0.2, 0.25) is 0 Å². The molecule has 0 amide bonds. The van der Waals surface area contributed by atoms with Gasteiger partial charge in [-0.15, -0.1) is 0 Å². The monoisotopic (exact) mass is 575 g/mol. The number of carbonyl (C=O) groups excluding carboxylic acids is 1. The van der Waals surface area contributed by atoms with E-state index in [1.54, 1.807) is 35.8 Å². The fourth-order valence-corrected chi connectivity index (χ4v) is 6.42.